The zero-order chi connectivity index (χ0) is 25.4. The lowest BCUT2D eigenvalue weighted by molar-refractivity contribution is -0.0861. The van der Waals surface area contributed by atoms with Crippen molar-refractivity contribution in [3.8, 4) is 16.9 Å². The summed E-state index contributed by atoms with van der Waals surface area (Å²) in [7, 11) is 0. The number of aryl methyl sites for hydroxylation is 1. The Labute approximate surface area is 219 Å². The van der Waals surface area contributed by atoms with E-state index in [1.807, 2.05) is 37.4 Å². The van der Waals surface area contributed by atoms with Crippen molar-refractivity contribution < 1.29 is 19.0 Å². The highest BCUT2D eigenvalue weighted by atomic mass is 32.2. The number of rotatable bonds is 5. The number of fused-ring (bicyclic) bond motifs is 1. The number of hydrogen-bond acceptors (Lipinski definition) is 5. The van der Waals surface area contributed by atoms with Crippen LogP contribution in [-0.2, 0) is 21.6 Å². The molecule has 3 heterocycles. The number of amides is 1. The molecule has 0 aromatic heterocycles. The predicted octanol–water partition coefficient (Wildman–Crippen LogP) is 6.72. The normalized spacial score (nSPS) is 20.3. The van der Waals surface area contributed by atoms with E-state index in [1.165, 1.54) is 22.3 Å². The number of thioether (sulfide) groups is 1. The molecular formula is C30H39NO4S. The first kappa shape index (κ1) is 25.5. The number of likely N-dealkylation sites (tertiary alicyclic amines) is 1. The molecule has 2 aromatic carbocycles. The Hall–Kier alpha value is -2.18. The van der Waals surface area contributed by atoms with E-state index in [9.17, 15) is 4.79 Å². The quantitative estimate of drug-likeness (QED) is 0.448. The van der Waals surface area contributed by atoms with Gasteiger partial charge in [0.05, 0.1) is 13.2 Å². The summed E-state index contributed by atoms with van der Waals surface area (Å²) in [6.45, 7) is 11.2. The van der Waals surface area contributed by atoms with E-state index < -0.39 is 5.60 Å². The van der Waals surface area contributed by atoms with Crippen molar-refractivity contribution in [2.24, 2.45) is 5.41 Å². The maximum atomic E-state index is 12.4. The van der Waals surface area contributed by atoms with Gasteiger partial charge in [0.2, 0.25) is 0 Å². The smallest absolute Gasteiger partial charge is 0.410 e. The van der Waals surface area contributed by atoms with Crippen molar-refractivity contribution in [3.05, 3.63) is 53.6 Å². The molecule has 0 unspecified atom stereocenters. The molecule has 0 aliphatic carbocycles. The molecule has 3 aliphatic heterocycles. The Balaban J connectivity index is 1.17. The van der Waals surface area contributed by atoms with Crippen molar-refractivity contribution in [3.63, 3.8) is 0 Å². The topological polar surface area (TPSA) is 48.0 Å². The Morgan fingerprint density at radius 1 is 1.03 bits per heavy atom. The highest BCUT2D eigenvalue weighted by Crippen LogP contribution is 2.41. The van der Waals surface area contributed by atoms with Gasteiger partial charge >= 0.3 is 6.09 Å². The first-order chi connectivity index (χ1) is 17.1. The van der Waals surface area contributed by atoms with E-state index in [2.05, 4.69) is 49.4 Å². The highest BCUT2D eigenvalue weighted by Gasteiger charge is 2.41. The predicted molar refractivity (Wildman–Crippen MR) is 146 cm³/mol. The van der Waals surface area contributed by atoms with E-state index in [1.54, 1.807) is 0 Å². The fourth-order valence-electron chi connectivity index (χ4n) is 5.22. The first-order valence-electron chi connectivity index (χ1n) is 13.2. The first-order valence-corrected chi connectivity index (χ1v) is 14.3. The van der Waals surface area contributed by atoms with Crippen LogP contribution in [0.1, 0.15) is 58.1 Å². The number of benzene rings is 2. The number of ether oxygens (including phenoxy) is 3. The second-order valence-electron chi connectivity index (χ2n) is 12.1. The van der Waals surface area contributed by atoms with Gasteiger partial charge in [-0.05, 0) is 68.0 Å². The summed E-state index contributed by atoms with van der Waals surface area (Å²) in [4.78, 5) is 14.3. The third-order valence-corrected chi connectivity index (χ3v) is 8.91. The molecule has 0 bridgehead atoms. The minimum atomic E-state index is -0.465. The van der Waals surface area contributed by atoms with Crippen molar-refractivity contribution in [2.75, 3.05) is 32.1 Å². The molecule has 1 spiro atoms. The fourth-order valence-corrected chi connectivity index (χ4v) is 6.41. The molecule has 194 valence electrons. The largest absolute Gasteiger partial charge is 0.487 e. The van der Waals surface area contributed by atoms with Gasteiger partial charge in [0.25, 0.3) is 0 Å². The van der Waals surface area contributed by atoms with Crippen molar-refractivity contribution in [2.45, 2.75) is 70.3 Å². The summed E-state index contributed by atoms with van der Waals surface area (Å²) in [5.74, 6) is 3.19. The minimum Gasteiger partial charge on any atom is -0.487 e. The lowest BCUT2D eigenvalue weighted by atomic mass is 9.82. The van der Waals surface area contributed by atoms with Crippen LogP contribution < -0.4 is 4.74 Å². The number of hydrogen-bond donors (Lipinski definition) is 0. The lowest BCUT2D eigenvalue weighted by Crippen LogP contribution is -2.52. The number of nitrogens with zero attached hydrogens (tertiary/aromatic N) is 1. The molecule has 2 fully saturated rings. The second kappa shape index (κ2) is 9.94. The standard InChI is InChI=1S/C30H39NO4S/c1-28(2,3)35-27(32)31-15-13-30(14-16-31)12-11-25-17-24(9-10-26(25)34-30)23-7-5-22(6-8-23)18-36-21-29(4)19-33-20-29/h5-10,17H,11-16,18-21H2,1-4H3. The van der Waals surface area contributed by atoms with Crippen molar-refractivity contribution >= 4 is 17.9 Å². The maximum absolute atomic E-state index is 12.4. The molecule has 1 amide bonds. The molecule has 0 N–H and O–H groups in total. The van der Waals surface area contributed by atoms with Gasteiger partial charge in [-0.25, -0.2) is 4.79 Å². The van der Waals surface area contributed by atoms with E-state index in [4.69, 9.17) is 14.2 Å². The van der Waals surface area contributed by atoms with E-state index in [-0.39, 0.29) is 11.7 Å². The molecular weight excluding hydrogens is 470 g/mol. The molecule has 5 nitrogen and oxygen atoms in total. The van der Waals surface area contributed by atoms with Crippen molar-refractivity contribution in [1.29, 1.82) is 0 Å². The number of carbonyl (C=O) groups excluding carboxylic acids is 1. The van der Waals surface area contributed by atoms with Crippen LogP contribution in [0.3, 0.4) is 0 Å². The zero-order valence-electron chi connectivity index (χ0n) is 22.1. The second-order valence-corrected chi connectivity index (χ2v) is 13.1. The molecule has 36 heavy (non-hydrogen) atoms. The average Bonchev–Trinajstić information content (AvgIpc) is 2.82. The van der Waals surface area contributed by atoms with Gasteiger partial charge in [-0.2, -0.15) is 11.8 Å². The molecule has 2 aromatic rings. The van der Waals surface area contributed by atoms with Gasteiger partial charge in [0, 0.05) is 42.9 Å². The molecule has 3 aliphatic rings. The van der Waals surface area contributed by atoms with Gasteiger partial charge < -0.3 is 19.1 Å². The van der Waals surface area contributed by atoms with Gasteiger partial charge in [-0.3, -0.25) is 0 Å². The molecule has 0 saturated carbocycles. The maximum Gasteiger partial charge on any atom is 0.410 e. The number of carbonyl (C=O) groups is 1. The van der Waals surface area contributed by atoms with Gasteiger partial charge in [0.1, 0.15) is 17.0 Å². The van der Waals surface area contributed by atoms with E-state index in [0.29, 0.717) is 18.5 Å². The monoisotopic (exact) mass is 509 g/mol. The molecule has 5 rings (SSSR count). The summed E-state index contributed by atoms with van der Waals surface area (Å²) in [6, 6.07) is 15.6. The van der Waals surface area contributed by atoms with Crippen LogP contribution in [0.25, 0.3) is 11.1 Å². The van der Waals surface area contributed by atoms with Crippen molar-refractivity contribution in [1.82, 2.24) is 4.90 Å². The SMILES string of the molecule is CC1(CSCc2ccc(-c3ccc4c(c3)CCC3(CCN(C(=O)OC(C)(C)C)CC3)O4)cc2)COC1. The Bertz CT molecular complexity index is 1080. The van der Waals surface area contributed by atoms with Gasteiger partial charge in [-0.15, -0.1) is 0 Å². The Morgan fingerprint density at radius 2 is 1.72 bits per heavy atom. The van der Waals surface area contributed by atoms with Crippen LogP contribution in [0.5, 0.6) is 5.75 Å². The van der Waals surface area contributed by atoms with E-state index >= 15 is 0 Å². The summed E-state index contributed by atoms with van der Waals surface area (Å²) >= 11 is 2.00. The Morgan fingerprint density at radius 3 is 2.36 bits per heavy atom. The summed E-state index contributed by atoms with van der Waals surface area (Å²) < 4.78 is 17.5. The molecule has 2 saturated heterocycles. The summed E-state index contributed by atoms with van der Waals surface area (Å²) in [5, 5.41) is 0. The third-order valence-electron chi connectivity index (χ3n) is 7.47. The fraction of sp³-hybridized carbons (Fsp3) is 0.567. The lowest BCUT2D eigenvalue weighted by Gasteiger charge is -2.44. The number of piperidine rings is 1. The van der Waals surface area contributed by atoms with Gasteiger partial charge in [-0.1, -0.05) is 37.3 Å². The van der Waals surface area contributed by atoms with Crippen LogP contribution in [0, 0.1) is 5.41 Å². The Kier molecular flexibility index (Phi) is 7.03. The molecule has 0 atom stereocenters. The van der Waals surface area contributed by atoms with Crippen LogP contribution in [-0.4, -0.2) is 54.3 Å². The average molecular weight is 510 g/mol. The summed E-state index contributed by atoms with van der Waals surface area (Å²) in [5.41, 5.74) is 4.87. The third kappa shape index (κ3) is 5.86. The minimum absolute atomic E-state index is 0.172. The van der Waals surface area contributed by atoms with Crippen LogP contribution >= 0.6 is 11.8 Å². The zero-order valence-corrected chi connectivity index (χ0v) is 22.9. The molecule has 0 radical (unpaired) electrons. The van der Waals surface area contributed by atoms with E-state index in [0.717, 1.165) is 56.2 Å². The van der Waals surface area contributed by atoms with Crippen LogP contribution in [0.15, 0.2) is 42.5 Å². The van der Waals surface area contributed by atoms with Crippen LogP contribution in [0.4, 0.5) is 4.79 Å². The van der Waals surface area contributed by atoms with Crippen LogP contribution in [0.2, 0.25) is 0 Å². The van der Waals surface area contributed by atoms with Gasteiger partial charge in [0.15, 0.2) is 0 Å². The highest BCUT2D eigenvalue weighted by molar-refractivity contribution is 7.98. The summed E-state index contributed by atoms with van der Waals surface area (Å²) in [6.07, 6.45) is 3.47. The molecule has 6 heteroatoms.